The number of hydrogen-bond acceptors (Lipinski definition) is 2. The highest BCUT2D eigenvalue weighted by Gasteiger charge is 2.08. The largest absolute Gasteiger partial charge is 0.343 e. The monoisotopic (exact) mass is 296 g/mol. The molecule has 2 rings (SSSR count). The van der Waals surface area contributed by atoms with Gasteiger partial charge in [0.15, 0.2) is 0 Å². The Balaban J connectivity index is 2.50. The van der Waals surface area contributed by atoms with E-state index in [0.717, 1.165) is 12.1 Å². The predicted molar refractivity (Wildman–Crippen MR) is 78.4 cm³/mol. The summed E-state index contributed by atoms with van der Waals surface area (Å²) in [5.74, 6) is 0.712. The lowest BCUT2D eigenvalue weighted by Gasteiger charge is -2.09. The van der Waals surface area contributed by atoms with Crippen molar-refractivity contribution in [3.63, 3.8) is 0 Å². The van der Waals surface area contributed by atoms with Crippen LogP contribution in [0.2, 0.25) is 5.02 Å². The SMILES string of the molecule is CC(C)Cc1cc(=S)nc(-c2ccc(F)cc2Cl)[nH]1. The average molecular weight is 297 g/mol. The lowest BCUT2D eigenvalue weighted by molar-refractivity contribution is 0.628. The normalized spacial score (nSPS) is 11.0. The van der Waals surface area contributed by atoms with Crippen molar-refractivity contribution >= 4 is 23.8 Å². The molecular weight excluding hydrogens is 283 g/mol. The first-order chi connectivity index (χ1) is 8.95. The molecule has 0 fully saturated rings. The first-order valence-electron chi connectivity index (χ1n) is 6.01. The summed E-state index contributed by atoms with van der Waals surface area (Å²) in [4.78, 5) is 7.46. The minimum absolute atomic E-state index is 0.319. The van der Waals surface area contributed by atoms with Crippen LogP contribution in [0.3, 0.4) is 0 Å². The molecule has 19 heavy (non-hydrogen) atoms. The summed E-state index contributed by atoms with van der Waals surface area (Å²) in [5, 5.41) is 0.319. The van der Waals surface area contributed by atoms with Crippen LogP contribution in [0.25, 0.3) is 11.4 Å². The van der Waals surface area contributed by atoms with Crippen molar-refractivity contribution in [2.24, 2.45) is 5.92 Å². The molecule has 0 amide bonds. The molecule has 1 aromatic carbocycles. The Bertz CT molecular complexity index is 652. The van der Waals surface area contributed by atoms with Crippen LogP contribution in [0.5, 0.6) is 0 Å². The Labute approximate surface area is 121 Å². The molecule has 2 nitrogen and oxygen atoms in total. The Kier molecular flexibility index (Phi) is 4.32. The second-order valence-electron chi connectivity index (χ2n) is 4.82. The van der Waals surface area contributed by atoms with Gasteiger partial charge in [0, 0.05) is 11.3 Å². The van der Waals surface area contributed by atoms with Crippen LogP contribution in [-0.4, -0.2) is 9.97 Å². The van der Waals surface area contributed by atoms with Crippen LogP contribution in [0.1, 0.15) is 19.5 Å². The summed E-state index contributed by atoms with van der Waals surface area (Å²) in [5.41, 5.74) is 1.66. The molecule has 1 aromatic heterocycles. The fourth-order valence-electron chi connectivity index (χ4n) is 1.87. The van der Waals surface area contributed by atoms with Crippen molar-refractivity contribution < 1.29 is 4.39 Å². The maximum absolute atomic E-state index is 13.1. The van der Waals surface area contributed by atoms with Gasteiger partial charge in [0.25, 0.3) is 0 Å². The molecule has 2 aromatic rings. The highest BCUT2D eigenvalue weighted by Crippen LogP contribution is 2.26. The van der Waals surface area contributed by atoms with Crippen molar-refractivity contribution in [2.75, 3.05) is 0 Å². The molecule has 0 aliphatic heterocycles. The van der Waals surface area contributed by atoms with Crippen LogP contribution in [0.4, 0.5) is 4.39 Å². The molecule has 5 heteroatoms. The van der Waals surface area contributed by atoms with Gasteiger partial charge < -0.3 is 4.98 Å². The molecular formula is C14H14ClFN2S. The fraction of sp³-hybridized carbons (Fsp3) is 0.286. The Morgan fingerprint density at radius 3 is 2.74 bits per heavy atom. The highest BCUT2D eigenvalue weighted by molar-refractivity contribution is 7.71. The molecule has 1 heterocycles. The van der Waals surface area contributed by atoms with Gasteiger partial charge in [0.2, 0.25) is 0 Å². The third-order valence-corrected chi connectivity index (χ3v) is 3.13. The lowest BCUT2D eigenvalue weighted by Crippen LogP contribution is -2.01. The summed E-state index contributed by atoms with van der Waals surface area (Å²) >= 11 is 11.2. The molecule has 1 N–H and O–H groups in total. The fourth-order valence-corrected chi connectivity index (χ4v) is 2.36. The van der Waals surface area contributed by atoms with E-state index in [1.54, 1.807) is 6.07 Å². The predicted octanol–water partition coefficient (Wildman–Crippen LogP) is 4.80. The van der Waals surface area contributed by atoms with E-state index in [2.05, 4.69) is 23.8 Å². The maximum Gasteiger partial charge on any atom is 0.140 e. The van der Waals surface area contributed by atoms with Crippen LogP contribution in [0.15, 0.2) is 24.3 Å². The third kappa shape index (κ3) is 3.61. The quantitative estimate of drug-likeness (QED) is 0.824. The maximum atomic E-state index is 13.1. The minimum atomic E-state index is -0.370. The summed E-state index contributed by atoms with van der Waals surface area (Å²) < 4.78 is 13.6. The van der Waals surface area contributed by atoms with Gasteiger partial charge >= 0.3 is 0 Å². The number of benzene rings is 1. The zero-order valence-corrected chi connectivity index (χ0v) is 12.3. The van der Waals surface area contributed by atoms with Gasteiger partial charge in [0.05, 0.1) is 5.02 Å². The number of H-pyrrole nitrogens is 1. The first kappa shape index (κ1) is 14.2. The summed E-state index contributed by atoms with van der Waals surface area (Å²) in [6, 6.07) is 6.07. The zero-order valence-electron chi connectivity index (χ0n) is 10.7. The molecule has 100 valence electrons. The summed E-state index contributed by atoms with van der Waals surface area (Å²) in [7, 11) is 0. The van der Waals surface area contributed by atoms with Crippen LogP contribution >= 0.6 is 23.8 Å². The van der Waals surface area contributed by atoms with Crippen LogP contribution < -0.4 is 0 Å². The van der Waals surface area contributed by atoms with Gasteiger partial charge in [-0.25, -0.2) is 9.37 Å². The van der Waals surface area contributed by atoms with E-state index in [9.17, 15) is 4.39 Å². The molecule has 0 spiro atoms. The number of aromatic nitrogens is 2. The van der Waals surface area contributed by atoms with Crippen molar-refractivity contribution in [1.82, 2.24) is 9.97 Å². The number of halogens is 2. The average Bonchev–Trinajstić information content (AvgIpc) is 2.26. The zero-order chi connectivity index (χ0) is 14.0. The standard InChI is InChI=1S/C14H14ClFN2S/c1-8(2)5-10-7-13(19)18-14(17-10)11-4-3-9(16)6-12(11)15/h3-4,6-8H,5H2,1-2H3,(H,17,18,19). The van der Waals surface area contributed by atoms with Gasteiger partial charge in [-0.15, -0.1) is 0 Å². The molecule has 0 atom stereocenters. The number of nitrogens with one attached hydrogen (secondary N) is 1. The van der Waals surface area contributed by atoms with Gasteiger partial charge in [-0.2, -0.15) is 0 Å². The number of aromatic amines is 1. The molecule has 0 unspecified atom stereocenters. The Morgan fingerprint density at radius 1 is 1.37 bits per heavy atom. The van der Waals surface area contributed by atoms with Crippen molar-refractivity contribution in [3.8, 4) is 11.4 Å². The van der Waals surface area contributed by atoms with Crippen molar-refractivity contribution in [3.05, 3.63) is 45.4 Å². The second-order valence-corrected chi connectivity index (χ2v) is 5.64. The van der Waals surface area contributed by atoms with E-state index >= 15 is 0 Å². The topological polar surface area (TPSA) is 28.7 Å². The summed E-state index contributed by atoms with van der Waals surface area (Å²) in [6.07, 6.45) is 0.873. The Morgan fingerprint density at radius 2 is 2.11 bits per heavy atom. The first-order valence-corrected chi connectivity index (χ1v) is 6.80. The molecule has 0 saturated carbocycles. The van der Waals surface area contributed by atoms with Crippen LogP contribution in [-0.2, 0) is 6.42 Å². The highest BCUT2D eigenvalue weighted by atomic mass is 35.5. The van der Waals surface area contributed by atoms with Gasteiger partial charge in [-0.3, -0.25) is 0 Å². The van der Waals surface area contributed by atoms with Crippen LogP contribution in [0, 0.1) is 16.4 Å². The van der Waals surface area contributed by atoms with E-state index in [1.165, 1.54) is 12.1 Å². The van der Waals surface area contributed by atoms with Gasteiger partial charge in [-0.1, -0.05) is 37.7 Å². The smallest absolute Gasteiger partial charge is 0.140 e. The van der Waals surface area contributed by atoms with Gasteiger partial charge in [-0.05, 0) is 36.6 Å². The Hall–Kier alpha value is -1.26. The molecule has 0 saturated heterocycles. The number of rotatable bonds is 3. The number of hydrogen-bond donors (Lipinski definition) is 1. The molecule has 0 aliphatic carbocycles. The van der Waals surface area contributed by atoms with E-state index in [-0.39, 0.29) is 5.82 Å². The van der Waals surface area contributed by atoms with Crippen molar-refractivity contribution in [1.29, 1.82) is 0 Å². The van der Waals surface area contributed by atoms with E-state index < -0.39 is 0 Å². The molecule has 0 radical (unpaired) electrons. The third-order valence-electron chi connectivity index (χ3n) is 2.61. The lowest BCUT2D eigenvalue weighted by atomic mass is 10.1. The molecule has 0 aliphatic rings. The summed E-state index contributed by atoms with van der Waals surface area (Å²) in [6.45, 7) is 4.25. The van der Waals surface area contributed by atoms with E-state index in [1.807, 2.05) is 6.07 Å². The van der Waals surface area contributed by atoms with Gasteiger partial charge in [0.1, 0.15) is 16.3 Å². The number of nitrogens with zero attached hydrogens (tertiary/aromatic N) is 1. The van der Waals surface area contributed by atoms with E-state index in [4.69, 9.17) is 23.8 Å². The minimum Gasteiger partial charge on any atom is -0.343 e. The van der Waals surface area contributed by atoms with Crippen molar-refractivity contribution in [2.45, 2.75) is 20.3 Å². The molecule has 0 bridgehead atoms. The second kappa shape index (κ2) is 5.80. The van der Waals surface area contributed by atoms with E-state index in [0.29, 0.717) is 27.0 Å².